The highest BCUT2D eigenvalue weighted by Gasteiger charge is 1.99. The monoisotopic (exact) mass is 170 g/mol. The number of nitrogens with zero attached hydrogens (tertiary/aromatic N) is 2. The van der Waals surface area contributed by atoms with Crippen LogP contribution in [0.25, 0.3) is 0 Å². The molecule has 0 aromatic carbocycles. The van der Waals surface area contributed by atoms with Gasteiger partial charge in [0.2, 0.25) is 0 Å². The third-order valence-corrected chi connectivity index (χ3v) is 1.81. The molecule has 0 spiro atoms. The van der Waals surface area contributed by atoms with E-state index < -0.39 is 0 Å². The van der Waals surface area contributed by atoms with E-state index in [4.69, 9.17) is 10.00 Å². The zero-order chi connectivity index (χ0) is 9.23. The highest BCUT2D eigenvalue weighted by Crippen LogP contribution is 1.94. The average molecular weight is 170 g/mol. The maximum Gasteiger partial charge on any atom is 0.0865 e. The Labute approximate surface area is 74.9 Å². The zero-order valence-corrected chi connectivity index (χ0v) is 8.05. The molecule has 0 aromatic rings. The Morgan fingerprint density at radius 3 is 2.67 bits per heavy atom. The van der Waals surface area contributed by atoms with Crippen LogP contribution >= 0.6 is 0 Å². The summed E-state index contributed by atoms with van der Waals surface area (Å²) in [6, 6.07) is 2.15. The summed E-state index contributed by atoms with van der Waals surface area (Å²) in [6.45, 7) is 5.41. The molecule has 0 bridgehead atoms. The second kappa shape index (κ2) is 8.51. The highest BCUT2D eigenvalue weighted by atomic mass is 16.5. The van der Waals surface area contributed by atoms with Crippen molar-refractivity contribution in [3.63, 3.8) is 0 Å². The van der Waals surface area contributed by atoms with Crippen LogP contribution in [0.1, 0.15) is 19.8 Å². The minimum Gasteiger partial charge on any atom is -0.385 e. The van der Waals surface area contributed by atoms with Gasteiger partial charge in [-0.15, -0.1) is 0 Å². The van der Waals surface area contributed by atoms with Crippen molar-refractivity contribution in [3.05, 3.63) is 0 Å². The lowest BCUT2D eigenvalue weighted by atomic mass is 10.3. The molecule has 0 heterocycles. The molecule has 0 amide bonds. The minimum absolute atomic E-state index is 0.545. The van der Waals surface area contributed by atoms with Gasteiger partial charge in [0, 0.05) is 13.7 Å². The maximum absolute atomic E-state index is 8.45. The number of rotatable bonds is 7. The highest BCUT2D eigenvalue weighted by molar-refractivity contribution is 4.75. The van der Waals surface area contributed by atoms with Gasteiger partial charge in [0.05, 0.1) is 12.6 Å². The van der Waals surface area contributed by atoms with Crippen molar-refractivity contribution in [2.45, 2.75) is 19.8 Å². The van der Waals surface area contributed by atoms with Crippen molar-refractivity contribution >= 4 is 0 Å². The van der Waals surface area contributed by atoms with Crippen LogP contribution in [0, 0.1) is 11.3 Å². The van der Waals surface area contributed by atoms with Gasteiger partial charge in [-0.25, -0.2) is 0 Å². The predicted octanol–water partition coefficient (Wildman–Crippen LogP) is 1.26. The van der Waals surface area contributed by atoms with Gasteiger partial charge in [-0.05, 0) is 25.9 Å². The molecule has 0 aromatic heterocycles. The van der Waals surface area contributed by atoms with E-state index >= 15 is 0 Å². The third-order valence-electron chi connectivity index (χ3n) is 1.81. The third kappa shape index (κ3) is 6.14. The first-order valence-corrected chi connectivity index (χ1v) is 4.43. The smallest absolute Gasteiger partial charge is 0.0865 e. The minimum atomic E-state index is 0.545. The van der Waals surface area contributed by atoms with Crippen LogP contribution in [0.4, 0.5) is 0 Å². The van der Waals surface area contributed by atoms with Crippen LogP contribution in [0.3, 0.4) is 0 Å². The molecule has 0 N–H and O–H groups in total. The number of hydrogen-bond donors (Lipinski definition) is 0. The molecule has 0 aliphatic carbocycles. The van der Waals surface area contributed by atoms with Crippen LogP contribution in [0.5, 0.6) is 0 Å². The van der Waals surface area contributed by atoms with Gasteiger partial charge in [-0.3, -0.25) is 4.90 Å². The number of hydrogen-bond acceptors (Lipinski definition) is 3. The maximum atomic E-state index is 8.45. The van der Waals surface area contributed by atoms with E-state index in [1.54, 1.807) is 7.11 Å². The first kappa shape index (κ1) is 11.4. The summed E-state index contributed by atoms with van der Waals surface area (Å²) in [5, 5.41) is 8.45. The van der Waals surface area contributed by atoms with Gasteiger partial charge in [0.25, 0.3) is 0 Å². The molecule has 0 radical (unpaired) electrons. The molecule has 0 saturated heterocycles. The van der Waals surface area contributed by atoms with E-state index in [0.717, 1.165) is 32.5 Å². The Bertz CT molecular complexity index is 131. The van der Waals surface area contributed by atoms with Crippen LogP contribution in [0.2, 0.25) is 0 Å². The first-order valence-electron chi connectivity index (χ1n) is 4.43. The lowest BCUT2D eigenvalue weighted by Gasteiger charge is -2.15. The van der Waals surface area contributed by atoms with Gasteiger partial charge >= 0.3 is 0 Å². The van der Waals surface area contributed by atoms with Crippen molar-refractivity contribution in [1.82, 2.24) is 4.90 Å². The van der Waals surface area contributed by atoms with Crippen molar-refractivity contribution in [3.8, 4) is 6.07 Å². The largest absolute Gasteiger partial charge is 0.385 e. The Morgan fingerprint density at radius 1 is 1.42 bits per heavy atom. The fourth-order valence-electron chi connectivity index (χ4n) is 1.03. The molecule has 0 atom stereocenters. The van der Waals surface area contributed by atoms with Crippen LogP contribution < -0.4 is 0 Å². The van der Waals surface area contributed by atoms with Gasteiger partial charge in [0.1, 0.15) is 0 Å². The lowest BCUT2D eigenvalue weighted by Crippen LogP contribution is -2.24. The number of methoxy groups -OCH3 is 1. The molecule has 3 heteroatoms. The quantitative estimate of drug-likeness (QED) is 0.426. The summed E-state index contributed by atoms with van der Waals surface area (Å²) in [7, 11) is 1.72. The Hall–Kier alpha value is -0.590. The van der Waals surface area contributed by atoms with E-state index in [1.807, 2.05) is 0 Å². The van der Waals surface area contributed by atoms with Crippen molar-refractivity contribution in [1.29, 1.82) is 5.26 Å². The second-order valence-corrected chi connectivity index (χ2v) is 2.73. The van der Waals surface area contributed by atoms with Gasteiger partial charge in [-0.1, -0.05) is 6.92 Å². The summed E-state index contributed by atoms with van der Waals surface area (Å²) >= 11 is 0. The van der Waals surface area contributed by atoms with Crippen molar-refractivity contribution < 1.29 is 4.74 Å². The number of unbranched alkanes of at least 4 members (excludes halogenated alkanes) is 1. The second-order valence-electron chi connectivity index (χ2n) is 2.73. The standard InChI is InChI=1S/C9H18N2O/c1-3-11(8-6-10)7-4-5-9-12-2/h3-5,7-9H2,1-2H3. The normalized spacial score (nSPS) is 10.2. The molecule has 0 aliphatic rings. The Balaban J connectivity index is 3.26. The SMILES string of the molecule is CCN(CC#N)CCCCOC. The Morgan fingerprint density at radius 2 is 2.17 bits per heavy atom. The molecular formula is C9H18N2O. The van der Waals surface area contributed by atoms with E-state index in [-0.39, 0.29) is 0 Å². The van der Waals surface area contributed by atoms with Gasteiger partial charge in [0.15, 0.2) is 0 Å². The van der Waals surface area contributed by atoms with E-state index in [2.05, 4.69) is 17.9 Å². The molecule has 0 aliphatic heterocycles. The molecule has 12 heavy (non-hydrogen) atoms. The molecule has 0 fully saturated rings. The number of nitriles is 1. The Kier molecular flexibility index (Phi) is 8.09. The summed E-state index contributed by atoms with van der Waals surface area (Å²) in [6.07, 6.45) is 2.20. The van der Waals surface area contributed by atoms with Gasteiger partial charge in [-0.2, -0.15) is 5.26 Å². The zero-order valence-electron chi connectivity index (χ0n) is 8.05. The van der Waals surface area contributed by atoms with E-state index in [1.165, 1.54) is 0 Å². The summed E-state index contributed by atoms with van der Waals surface area (Å²) in [5.74, 6) is 0. The summed E-state index contributed by atoms with van der Waals surface area (Å²) in [5.41, 5.74) is 0. The molecule has 0 unspecified atom stereocenters. The molecular weight excluding hydrogens is 152 g/mol. The lowest BCUT2D eigenvalue weighted by molar-refractivity contribution is 0.186. The molecule has 0 saturated carbocycles. The fourth-order valence-corrected chi connectivity index (χ4v) is 1.03. The molecule has 3 nitrogen and oxygen atoms in total. The number of ether oxygens (including phenoxy) is 1. The van der Waals surface area contributed by atoms with Crippen LogP contribution in [-0.4, -0.2) is 38.3 Å². The average Bonchev–Trinajstić information content (AvgIpc) is 2.10. The predicted molar refractivity (Wildman–Crippen MR) is 48.8 cm³/mol. The molecule has 0 rings (SSSR count). The van der Waals surface area contributed by atoms with Crippen molar-refractivity contribution in [2.75, 3.05) is 33.4 Å². The van der Waals surface area contributed by atoms with Gasteiger partial charge < -0.3 is 4.74 Å². The van der Waals surface area contributed by atoms with E-state index in [9.17, 15) is 0 Å². The topological polar surface area (TPSA) is 36.3 Å². The molecule has 70 valence electrons. The van der Waals surface area contributed by atoms with Crippen LogP contribution in [0.15, 0.2) is 0 Å². The fraction of sp³-hybridized carbons (Fsp3) is 0.889. The van der Waals surface area contributed by atoms with Crippen molar-refractivity contribution in [2.24, 2.45) is 0 Å². The van der Waals surface area contributed by atoms with E-state index in [0.29, 0.717) is 6.54 Å². The summed E-state index contributed by atoms with van der Waals surface area (Å²) < 4.78 is 4.93. The van der Waals surface area contributed by atoms with Crippen LogP contribution in [-0.2, 0) is 4.74 Å². The first-order chi connectivity index (χ1) is 5.85. The summed E-state index contributed by atoms with van der Waals surface area (Å²) in [4.78, 5) is 2.13.